The van der Waals surface area contributed by atoms with Crippen LogP contribution in [0.4, 0.5) is 0 Å². The molecule has 0 spiro atoms. The van der Waals surface area contributed by atoms with Crippen LogP contribution in [0.5, 0.6) is 5.75 Å². The van der Waals surface area contributed by atoms with Crippen LogP contribution in [0.2, 0.25) is 0 Å². The normalized spacial score (nSPS) is 19.6. The SMILES string of the molecule is CN=C(NCCc1cc(C)ccc1OC)N1CCS(=O)(=O)C(C)(C)C1. The van der Waals surface area contributed by atoms with Gasteiger partial charge in [-0.15, -0.1) is 0 Å². The molecule has 0 aliphatic carbocycles. The number of benzene rings is 1. The van der Waals surface area contributed by atoms with Crippen molar-refractivity contribution in [1.82, 2.24) is 10.2 Å². The van der Waals surface area contributed by atoms with Crippen molar-refractivity contribution in [3.05, 3.63) is 29.3 Å². The molecular weight excluding hydrogens is 338 g/mol. The third kappa shape index (κ3) is 4.45. The molecule has 1 aromatic rings. The van der Waals surface area contributed by atoms with E-state index < -0.39 is 14.6 Å². The minimum atomic E-state index is -3.05. The van der Waals surface area contributed by atoms with Crippen molar-refractivity contribution in [3.63, 3.8) is 0 Å². The predicted octanol–water partition coefficient (Wildman–Crippen LogP) is 1.63. The molecule has 25 heavy (non-hydrogen) atoms. The van der Waals surface area contributed by atoms with Gasteiger partial charge < -0.3 is 15.0 Å². The fraction of sp³-hybridized carbons (Fsp3) is 0.611. The summed E-state index contributed by atoms with van der Waals surface area (Å²) >= 11 is 0. The molecule has 0 radical (unpaired) electrons. The average molecular weight is 368 g/mol. The van der Waals surface area contributed by atoms with Crippen molar-refractivity contribution >= 4 is 15.8 Å². The highest BCUT2D eigenvalue weighted by molar-refractivity contribution is 7.92. The predicted molar refractivity (Wildman–Crippen MR) is 102 cm³/mol. The summed E-state index contributed by atoms with van der Waals surface area (Å²) < 4.78 is 29.0. The van der Waals surface area contributed by atoms with E-state index in [2.05, 4.69) is 23.3 Å². The van der Waals surface area contributed by atoms with Gasteiger partial charge in [0.15, 0.2) is 15.8 Å². The minimum Gasteiger partial charge on any atom is -0.496 e. The topological polar surface area (TPSA) is 71.0 Å². The number of nitrogens with one attached hydrogen (secondary N) is 1. The highest BCUT2D eigenvalue weighted by atomic mass is 32.2. The van der Waals surface area contributed by atoms with Crippen molar-refractivity contribution < 1.29 is 13.2 Å². The number of nitrogens with zero attached hydrogens (tertiary/aromatic N) is 2. The second kappa shape index (κ2) is 7.64. The van der Waals surface area contributed by atoms with Crippen molar-refractivity contribution in [2.24, 2.45) is 4.99 Å². The highest BCUT2D eigenvalue weighted by Gasteiger charge is 2.40. The van der Waals surface area contributed by atoms with E-state index >= 15 is 0 Å². The molecule has 140 valence electrons. The van der Waals surface area contributed by atoms with Gasteiger partial charge in [0.05, 0.1) is 17.6 Å². The highest BCUT2D eigenvalue weighted by Crippen LogP contribution is 2.24. The zero-order valence-electron chi connectivity index (χ0n) is 15.8. The van der Waals surface area contributed by atoms with Crippen LogP contribution in [0.3, 0.4) is 0 Å². The van der Waals surface area contributed by atoms with E-state index in [0.29, 0.717) is 19.6 Å². The lowest BCUT2D eigenvalue weighted by molar-refractivity contribution is 0.353. The molecule has 1 aromatic carbocycles. The zero-order chi connectivity index (χ0) is 18.7. The van der Waals surface area contributed by atoms with Crippen LogP contribution in [-0.2, 0) is 16.3 Å². The number of guanidine groups is 1. The largest absolute Gasteiger partial charge is 0.496 e. The summed E-state index contributed by atoms with van der Waals surface area (Å²) in [6.45, 7) is 7.24. The molecule has 0 amide bonds. The van der Waals surface area contributed by atoms with E-state index in [4.69, 9.17) is 4.74 Å². The Kier molecular flexibility index (Phi) is 5.98. The Hall–Kier alpha value is -1.76. The van der Waals surface area contributed by atoms with E-state index in [1.807, 2.05) is 17.0 Å². The lowest BCUT2D eigenvalue weighted by atomic mass is 10.1. The van der Waals surface area contributed by atoms with Gasteiger partial charge in [0.25, 0.3) is 0 Å². The Morgan fingerprint density at radius 1 is 1.40 bits per heavy atom. The van der Waals surface area contributed by atoms with Crippen LogP contribution in [-0.4, -0.2) is 63.6 Å². The van der Waals surface area contributed by atoms with Crippen molar-refractivity contribution in [2.75, 3.05) is 39.5 Å². The first kappa shape index (κ1) is 19.6. The molecule has 1 aliphatic heterocycles. The van der Waals surface area contributed by atoms with Crippen LogP contribution in [0.1, 0.15) is 25.0 Å². The summed E-state index contributed by atoms with van der Waals surface area (Å²) in [5.41, 5.74) is 2.34. The van der Waals surface area contributed by atoms with Crippen LogP contribution >= 0.6 is 0 Å². The first-order chi connectivity index (χ1) is 11.7. The molecule has 1 saturated heterocycles. The van der Waals surface area contributed by atoms with Crippen LogP contribution in [0.15, 0.2) is 23.2 Å². The maximum Gasteiger partial charge on any atom is 0.193 e. The lowest BCUT2D eigenvalue weighted by Crippen LogP contribution is -2.57. The first-order valence-corrected chi connectivity index (χ1v) is 10.2. The molecule has 2 rings (SSSR count). The number of hydrogen-bond acceptors (Lipinski definition) is 4. The number of rotatable bonds is 4. The Morgan fingerprint density at radius 3 is 2.72 bits per heavy atom. The van der Waals surface area contributed by atoms with Gasteiger partial charge in [-0.2, -0.15) is 0 Å². The maximum absolute atomic E-state index is 12.2. The number of methoxy groups -OCH3 is 1. The maximum atomic E-state index is 12.2. The van der Waals surface area contributed by atoms with Gasteiger partial charge in [-0.05, 0) is 38.8 Å². The number of aliphatic imine (C=N–C) groups is 1. The monoisotopic (exact) mass is 367 g/mol. The van der Waals surface area contributed by atoms with E-state index in [0.717, 1.165) is 23.7 Å². The summed E-state index contributed by atoms with van der Waals surface area (Å²) in [7, 11) is 0.351. The Bertz CT molecular complexity index is 742. The molecule has 6 nitrogen and oxygen atoms in total. The number of sulfone groups is 1. The van der Waals surface area contributed by atoms with E-state index in [1.165, 1.54) is 5.56 Å². The quantitative estimate of drug-likeness (QED) is 0.647. The molecule has 1 aliphatic rings. The summed E-state index contributed by atoms with van der Waals surface area (Å²) in [4.78, 5) is 6.34. The van der Waals surface area contributed by atoms with Crippen molar-refractivity contribution in [2.45, 2.75) is 31.9 Å². The molecule has 0 aromatic heterocycles. The van der Waals surface area contributed by atoms with Gasteiger partial charge in [0.1, 0.15) is 5.75 Å². The summed E-state index contributed by atoms with van der Waals surface area (Å²) in [6.07, 6.45) is 0.805. The van der Waals surface area contributed by atoms with Gasteiger partial charge in [-0.3, -0.25) is 4.99 Å². The molecule has 1 heterocycles. The fourth-order valence-corrected chi connectivity index (χ4v) is 4.43. The average Bonchev–Trinajstić information content (AvgIpc) is 2.54. The molecule has 0 atom stereocenters. The lowest BCUT2D eigenvalue weighted by Gasteiger charge is -2.39. The second-order valence-electron chi connectivity index (χ2n) is 7.04. The molecule has 1 N–H and O–H groups in total. The van der Waals surface area contributed by atoms with Gasteiger partial charge in [0.2, 0.25) is 0 Å². The van der Waals surface area contributed by atoms with E-state index in [-0.39, 0.29) is 5.75 Å². The van der Waals surface area contributed by atoms with E-state index in [9.17, 15) is 8.42 Å². The van der Waals surface area contributed by atoms with Crippen LogP contribution in [0, 0.1) is 6.92 Å². The molecule has 0 saturated carbocycles. The Labute approximate surface area is 151 Å². The minimum absolute atomic E-state index is 0.159. The third-order valence-electron chi connectivity index (χ3n) is 4.67. The van der Waals surface area contributed by atoms with Gasteiger partial charge in [-0.1, -0.05) is 17.7 Å². The molecule has 7 heteroatoms. The molecular formula is C18H29N3O3S. The standard InChI is InChI=1S/C18H29N3O3S/c1-14-6-7-16(24-5)15(12-14)8-9-20-17(19-4)21-10-11-25(22,23)18(2,3)13-21/h6-7,12H,8-11,13H2,1-5H3,(H,19,20). The second-order valence-corrected chi connectivity index (χ2v) is 9.78. The first-order valence-electron chi connectivity index (χ1n) is 8.51. The van der Waals surface area contributed by atoms with Crippen molar-refractivity contribution in [1.29, 1.82) is 0 Å². The van der Waals surface area contributed by atoms with Crippen LogP contribution in [0.25, 0.3) is 0 Å². The number of aryl methyl sites for hydroxylation is 1. The number of ether oxygens (including phenoxy) is 1. The Balaban J connectivity index is 1.99. The third-order valence-corrected chi connectivity index (χ3v) is 7.20. The van der Waals surface area contributed by atoms with Crippen molar-refractivity contribution in [3.8, 4) is 5.75 Å². The zero-order valence-corrected chi connectivity index (χ0v) is 16.6. The number of hydrogen-bond donors (Lipinski definition) is 1. The molecule has 0 unspecified atom stereocenters. The van der Waals surface area contributed by atoms with Gasteiger partial charge >= 0.3 is 0 Å². The van der Waals surface area contributed by atoms with Gasteiger partial charge in [0, 0.05) is 26.7 Å². The van der Waals surface area contributed by atoms with E-state index in [1.54, 1.807) is 28.0 Å². The summed E-state index contributed by atoms with van der Waals surface area (Å²) in [5.74, 6) is 1.79. The fourth-order valence-electron chi connectivity index (χ4n) is 3.07. The Morgan fingerprint density at radius 2 is 2.12 bits per heavy atom. The van der Waals surface area contributed by atoms with Gasteiger partial charge in [-0.25, -0.2) is 8.42 Å². The summed E-state index contributed by atoms with van der Waals surface area (Å²) in [5, 5.41) is 3.35. The summed E-state index contributed by atoms with van der Waals surface area (Å²) in [6, 6.07) is 6.14. The molecule has 1 fully saturated rings. The van der Waals surface area contributed by atoms with Crippen LogP contribution < -0.4 is 10.1 Å². The smallest absolute Gasteiger partial charge is 0.193 e. The molecule has 0 bridgehead atoms.